The van der Waals surface area contributed by atoms with Gasteiger partial charge in [-0.2, -0.15) is 0 Å². The fraction of sp³-hybridized carbons (Fsp3) is 0.259. The number of ether oxygens (including phenoxy) is 2. The van der Waals surface area contributed by atoms with Crippen molar-refractivity contribution in [3.8, 4) is 28.2 Å². The molecule has 3 heterocycles. The van der Waals surface area contributed by atoms with Gasteiger partial charge in [0.15, 0.2) is 5.76 Å². The number of benzene rings is 2. The molecule has 5 rings (SSSR count). The molecule has 1 atom stereocenters. The first-order valence-electron chi connectivity index (χ1n) is 11.2. The molecule has 33 heavy (non-hydrogen) atoms. The molecular weight excluding hydrogens is 420 g/mol. The number of para-hydroxylation sites is 1. The monoisotopic (exact) mass is 444 g/mol. The molecule has 168 valence electrons. The van der Waals surface area contributed by atoms with Crippen LogP contribution in [0.1, 0.15) is 43.6 Å². The Labute approximate surface area is 190 Å². The molecule has 0 bridgehead atoms. The first-order chi connectivity index (χ1) is 16.0. The maximum Gasteiger partial charge on any atom is 0.344 e. The third-order valence-electron chi connectivity index (χ3n) is 5.80. The van der Waals surface area contributed by atoms with Crippen LogP contribution in [0.3, 0.4) is 0 Å². The van der Waals surface area contributed by atoms with Crippen LogP contribution in [0.5, 0.6) is 5.75 Å². The van der Waals surface area contributed by atoms with Gasteiger partial charge >= 0.3 is 11.3 Å². The van der Waals surface area contributed by atoms with Crippen LogP contribution in [0.15, 0.2) is 73.0 Å². The molecule has 0 amide bonds. The topological polar surface area (TPSA) is 78.9 Å². The molecule has 0 saturated heterocycles. The average molecular weight is 444 g/mol. The Morgan fingerprint density at radius 1 is 0.909 bits per heavy atom. The third kappa shape index (κ3) is 3.98. The van der Waals surface area contributed by atoms with E-state index in [-0.39, 0.29) is 5.56 Å². The van der Waals surface area contributed by atoms with Crippen LogP contribution >= 0.6 is 0 Å². The van der Waals surface area contributed by atoms with Crippen molar-refractivity contribution in [1.82, 2.24) is 0 Å². The summed E-state index contributed by atoms with van der Waals surface area (Å²) in [6, 6.07) is 16.0. The molecule has 0 saturated carbocycles. The summed E-state index contributed by atoms with van der Waals surface area (Å²) < 4.78 is 23.4. The van der Waals surface area contributed by atoms with Crippen LogP contribution in [0.2, 0.25) is 0 Å². The average Bonchev–Trinajstić information content (AvgIpc) is 2.80. The Balaban J connectivity index is 1.68. The summed E-state index contributed by atoms with van der Waals surface area (Å²) in [7, 11) is 0. The van der Waals surface area contributed by atoms with Crippen LogP contribution in [-0.4, -0.2) is 6.61 Å². The van der Waals surface area contributed by atoms with E-state index in [1.54, 1.807) is 12.1 Å². The lowest BCUT2D eigenvalue weighted by Crippen LogP contribution is -2.20. The Hall–Kier alpha value is -3.64. The van der Waals surface area contributed by atoms with Gasteiger partial charge in [0.1, 0.15) is 11.3 Å². The molecule has 1 unspecified atom stereocenters. The highest BCUT2D eigenvalue weighted by atomic mass is 16.7. The Morgan fingerprint density at radius 3 is 2.61 bits per heavy atom. The standard InChI is InChI=1S/C27H24O6/c1-3-4-7-12-30-27-21-14-20(19-15-24(28)31-23-13-16(2)10-11-17(19)23)26(29)33-25(21)18-8-5-6-9-22(18)32-27/h5-6,8-11,13-15,27H,3-4,7,12H2,1-2H3. The Kier molecular flexibility index (Phi) is 5.60. The molecule has 6 nitrogen and oxygen atoms in total. The number of hydrogen-bond donors (Lipinski definition) is 0. The highest BCUT2D eigenvalue weighted by molar-refractivity contribution is 5.93. The minimum Gasteiger partial charge on any atom is -0.460 e. The Morgan fingerprint density at radius 2 is 1.76 bits per heavy atom. The summed E-state index contributed by atoms with van der Waals surface area (Å²) in [4.78, 5) is 25.4. The molecule has 1 aliphatic rings. The quantitative estimate of drug-likeness (QED) is 0.269. The van der Waals surface area contributed by atoms with Gasteiger partial charge in [-0.05, 0) is 43.2 Å². The predicted molar refractivity (Wildman–Crippen MR) is 125 cm³/mol. The van der Waals surface area contributed by atoms with Crippen molar-refractivity contribution in [3.05, 3.63) is 86.6 Å². The summed E-state index contributed by atoms with van der Waals surface area (Å²) >= 11 is 0. The summed E-state index contributed by atoms with van der Waals surface area (Å²) in [6.07, 6.45) is 2.32. The van der Waals surface area contributed by atoms with Gasteiger partial charge in [0.2, 0.25) is 6.29 Å². The largest absolute Gasteiger partial charge is 0.460 e. The summed E-state index contributed by atoms with van der Waals surface area (Å²) in [5, 5.41) is 0.657. The molecule has 0 aliphatic carbocycles. The zero-order valence-corrected chi connectivity index (χ0v) is 18.6. The van der Waals surface area contributed by atoms with Crippen molar-refractivity contribution in [2.24, 2.45) is 0 Å². The Bertz CT molecular complexity index is 1450. The number of hydrogen-bond acceptors (Lipinski definition) is 6. The number of fused-ring (bicyclic) bond motifs is 4. The molecule has 4 aromatic rings. The van der Waals surface area contributed by atoms with E-state index in [0.29, 0.717) is 45.8 Å². The zero-order chi connectivity index (χ0) is 22.9. The second-order valence-electron chi connectivity index (χ2n) is 8.23. The van der Waals surface area contributed by atoms with E-state index in [2.05, 4.69) is 6.92 Å². The van der Waals surface area contributed by atoms with E-state index in [0.717, 1.165) is 24.8 Å². The van der Waals surface area contributed by atoms with Crippen molar-refractivity contribution in [2.75, 3.05) is 6.61 Å². The number of unbranched alkanes of at least 4 members (excludes halogenated alkanes) is 2. The van der Waals surface area contributed by atoms with Crippen LogP contribution in [0, 0.1) is 6.92 Å². The van der Waals surface area contributed by atoms with Gasteiger partial charge in [-0.15, -0.1) is 0 Å². The molecule has 1 aliphatic heterocycles. The highest BCUT2D eigenvalue weighted by Crippen LogP contribution is 2.43. The number of aryl methyl sites for hydroxylation is 1. The normalized spacial score (nSPS) is 14.5. The lowest BCUT2D eigenvalue weighted by atomic mass is 9.97. The first-order valence-corrected chi connectivity index (χ1v) is 11.2. The van der Waals surface area contributed by atoms with Crippen LogP contribution < -0.4 is 16.0 Å². The molecule has 6 heteroatoms. The third-order valence-corrected chi connectivity index (χ3v) is 5.80. The maximum atomic E-state index is 13.1. The molecule has 0 spiro atoms. The van der Waals surface area contributed by atoms with Crippen molar-refractivity contribution in [2.45, 2.75) is 39.4 Å². The molecular formula is C27H24O6. The van der Waals surface area contributed by atoms with Gasteiger partial charge in [0.25, 0.3) is 0 Å². The van der Waals surface area contributed by atoms with Crippen LogP contribution in [-0.2, 0) is 4.74 Å². The van der Waals surface area contributed by atoms with Gasteiger partial charge in [0.05, 0.1) is 23.3 Å². The highest BCUT2D eigenvalue weighted by Gasteiger charge is 2.30. The lowest BCUT2D eigenvalue weighted by Gasteiger charge is -2.27. The predicted octanol–water partition coefficient (Wildman–Crippen LogP) is 5.99. The second-order valence-corrected chi connectivity index (χ2v) is 8.23. The van der Waals surface area contributed by atoms with Gasteiger partial charge in [-0.3, -0.25) is 0 Å². The minimum atomic E-state index is -0.719. The van der Waals surface area contributed by atoms with E-state index in [9.17, 15) is 9.59 Å². The lowest BCUT2D eigenvalue weighted by molar-refractivity contribution is -0.0872. The van der Waals surface area contributed by atoms with E-state index >= 15 is 0 Å². The SMILES string of the molecule is CCCCCOC1Oc2ccccc2-c2oc(=O)c(-c3cc(=O)oc4cc(C)ccc34)cc21. The van der Waals surface area contributed by atoms with Crippen molar-refractivity contribution in [1.29, 1.82) is 0 Å². The molecule has 2 aromatic carbocycles. The smallest absolute Gasteiger partial charge is 0.344 e. The fourth-order valence-corrected chi connectivity index (χ4v) is 4.15. The minimum absolute atomic E-state index is 0.264. The maximum absolute atomic E-state index is 13.1. The van der Waals surface area contributed by atoms with Gasteiger partial charge in [-0.25, -0.2) is 9.59 Å². The van der Waals surface area contributed by atoms with Crippen molar-refractivity contribution in [3.63, 3.8) is 0 Å². The molecule has 0 radical (unpaired) electrons. The second kappa shape index (κ2) is 8.71. The summed E-state index contributed by atoms with van der Waals surface area (Å²) in [5.41, 5.74) is 2.33. The van der Waals surface area contributed by atoms with E-state index < -0.39 is 17.5 Å². The first kappa shape index (κ1) is 21.2. The van der Waals surface area contributed by atoms with Gasteiger partial charge < -0.3 is 18.3 Å². The van der Waals surface area contributed by atoms with Crippen molar-refractivity contribution >= 4 is 11.0 Å². The zero-order valence-electron chi connectivity index (χ0n) is 18.6. The van der Waals surface area contributed by atoms with E-state index in [1.807, 2.05) is 43.3 Å². The molecule has 0 N–H and O–H groups in total. The van der Waals surface area contributed by atoms with E-state index in [4.69, 9.17) is 18.3 Å². The van der Waals surface area contributed by atoms with E-state index in [1.165, 1.54) is 6.07 Å². The summed E-state index contributed by atoms with van der Waals surface area (Å²) in [6.45, 7) is 4.56. The number of rotatable bonds is 6. The van der Waals surface area contributed by atoms with Crippen LogP contribution in [0.25, 0.3) is 33.4 Å². The summed E-state index contributed by atoms with van der Waals surface area (Å²) in [5.74, 6) is 1.02. The molecule has 0 fully saturated rings. The van der Waals surface area contributed by atoms with Gasteiger partial charge in [0, 0.05) is 17.0 Å². The molecule has 2 aromatic heterocycles. The van der Waals surface area contributed by atoms with Crippen LogP contribution in [0.4, 0.5) is 0 Å². The van der Waals surface area contributed by atoms with Crippen molar-refractivity contribution < 1.29 is 18.3 Å². The fourth-order valence-electron chi connectivity index (χ4n) is 4.15. The van der Waals surface area contributed by atoms with Gasteiger partial charge in [-0.1, -0.05) is 44.0 Å².